The Morgan fingerprint density at radius 3 is 2.29 bits per heavy atom. The van der Waals surface area contributed by atoms with E-state index < -0.39 is 7.82 Å². The van der Waals surface area contributed by atoms with E-state index in [-0.39, 0.29) is 29.5 Å². The number of aromatic nitrogens is 1. The summed E-state index contributed by atoms with van der Waals surface area (Å²) in [5.41, 5.74) is 9.54. The molecule has 0 spiro atoms. The summed E-state index contributed by atoms with van der Waals surface area (Å²) >= 11 is 0. The van der Waals surface area contributed by atoms with Crippen LogP contribution in [0.3, 0.4) is 0 Å². The maximum atomic E-state index is 15.6. The van der Waals surface area contributed by atoms with Gasteiger partial charge in [-0.2, -0.15) is 0 Å². The van der Waals surface area contributed by atoms with Crippen molar-refractivity contribution >= 4 is 31.2 Å². The second-order valence-corrected chi connectivity index (χ2v) is 18.0. The second kappa shape index (κ2) is 17.7. The first-order chi connectivity index (χ1) is 30.0. The summed E-state index contributed by atoms with van der Waals surface area (Å²) in [5.74, 6) is -0.266. The highest BCUT2D eigenvalue weighted by Crippen LogP contribution is 2.40. The van der Waals surface area contributed by atoms with Gasteiger partial charge in [0.2, 0.25) is 5.91 Å². The molecule has 2 N–H and O–H groups in total. The van der Waals surface area contributed by atoms with Gasteiger partial charge in [0.15, 0.2) is 0 Å². The number of rotatable bonds is 10. The Kier molecular flexibility index (Phi) is 11.9. The number of phosphoric ester groups is 1. The summed E-state index contributed by atoms with van der Waals surface area (Å²) in [6.07, 6.45) is 4.22. The number of anilines is 1. The van der Waals surface area contributed by atoms with E-state index in [1.165, 1.54) is 22.6 Å². The minimum Gasteiger partial charge on any atom is -0.404 e. The summed E-state index contributed by atoms with van der Waals surface area (Å²) in [6.45, 7) is 5.81. The number of hydrogen-bond acceptors (Lipinski definition) is 7. The quantitative estimate of drug-likeness (QED) is 0.156. The van der Waals surface area contributed by atoms with Crippen LogP contribution in [0.25, 0.3) is 11.3 Å². The summed E-state index contributed by atoms with van der Waals surface area (Å²) in [7, 11) is -3.07. The van der Waals surface area contributed by atoms with Crippen LogP contribution in [0.1, 0.15) is 67.1 Å². The minimum absolute atomic E-state index is 0.0101. The highest BCUT2D eigenvalue weighted by atomic mass is 31.2. The molecule has 14 heteroatoms. The summed E-state index contributed by atoms with van der Waals surface area (Å²) < 4.78 is 24.0. The fourth-order valence-corrected chi connectivity index (χ4v) is 9.96. The van der Waals surface area contributed by atoms with Crippen LogP contribution in [0, 0.1) is 0 Å². The highest BCUT2D eigenvalue weighted by Gasteiger charge is 2.36. The normalized spacial score (nSPS) is 17.8. The Hall–Kier alpha value is -5.56. The molecule has 3 amide bonds. The van der Waals surface area contributed by atoms with Gasteiger partial charge in [0.05, 0.1) is 25.2 Å². The molecule has 1 fully saturated rings. The van der Waals surface area contributed by atoms with Gasteiger partial charge in [0.25, 0.3) is 11.8 Å². The first-order valence-electron chi connectivity index (χ1n) is 21.5. The minimum atomic E-state index is -4.74. The maximum absolute atomic E-state index is 15.6. The molecular weight excluding hydrogens is 806 g/mol. The molecule has 1 aromatic heterocycles. The van der Waals surface area contributed by atoms with Crippen molar-refractivity contribution in [3.63, 3.8) is 0 Å². The Morgan fingerprint density at radius 2 is 1.53 bits per heavy atom. The van der Waals surface area contributed by atoms with Crippen molar-refractivity contribution in [3.8, 4) is 17.0 Å². The molecule has 0 saturated carbocycles. The van der Waals surface area contributed by atoms with Gasteiger partial charge in [-0.05, 0) is 102 Å². The average molecular weight is 858 g/mol. The molecule has 0 bridgehead atoms. The van der Waals surface area contributed by atoms with Crippen LogP contribution in [-0.4, -0.2) is 99.3 Å². The molecule has 4 aliphatic heterocycles. The molecule has 13 nitrogen and oxygen atoms in total. The Bertz CT molecular complexity index is 2530. The van der Waals surface area contributed by atoms with Crippen molar-refractivity contribution in [2.45, 2.75) is 64.2 Å². The number of carbonyl (C=O) groups excluding carboxylic acids is 3. The molecule has 0 radical (unpaired) electrons. The van der Waals surface area contributed by atoms with Gasteiger partial charge in [-0.3, -0.25) is 29.1 Å². The van der Waals surface area contributed by atoms with Crippen LogP contribution in [0.5, 0.6) is 5.75 Å². The summed E-state index contributed by atoms with van der Waals surface area (Å²) in [6, 6.07) is 30.2. The number of carbonyl (C=O) groups is 3. The standard InChI is InChI=1S/C48H52N5O8P/c1-49(38-14-16-40(17-15-38)61-62(57,58)59)47(55)43-29-45(52-19-8-7-13-44(43)52)41-27-35-18-20-51(46(54)25-33-9-3-2-4-10-33)30-37(35)28-42(41)48(56)53-31-36-12-6-5-11-34(36)26-39(53)32-50-21-23-60-24-22-50/h2-6,9-12,14-17,27-29,39H,7-8,13,18-26,30-32H2,1H3,(H2,57,58,59)/t39-/m0/s1. The van der Waals surface area contributed by atoms with Crippen molar-refractivity contribution < 1.29 is 38.0 Å². The van der Waals surface area contributed by atoms with Crippen molar-refractivity contribution in [1.29, 1.82) is 0 Å². The third-order valence-electron chi connectivity index (χ3n) is 12.8. The first kappa shape index (κ1) is 41.8. The monoisotopic (exact) mass is 857 g/mol. The molecule has 9 rings (SSSR count). The van der Waals surface area contributed by atoms with Crippen molar-refractivity contribution in [2.24, 2.45) is 0 Å². The first-order valence-corrected chi connectivity index (χ1v) is 23.0. The number of ether oxygens (including phenoxy) is 1. The number of amides is 3. The zero-order valence-corrected chi connectivity index (χ0v) is 35.8. The van der Waals surface area contributed by atoms with Crippen LogP contribution in [-0.2, 0) is 59.4 Å². The van der Waals surface area contributed by atoms with Gasteiger partial charge in [0.1, 0.15) is 5.75 Å². The Labute approximate surface area is 361 Å². The van der Waals surface area contributed by atoms with Crippen LogP contribution in [0.4, 0.5) is 5.69 Å². The lowest BCUT2D eigenvalue weighted by Crippen LogP contribution is -2.52. The number of hydrogen-bond donors (Lipinski definition) is 2. The lowest BCUT2D eigenvalue weighted by Gasteiger charge is -2.41. The molecule has 0 aliphatic carbocycles. The lowest BCUT2D eigenvalue weighted by atomic mass is 9.89. The largest absolute Gasteiger partial charge is 0.524 e. The molecule has 5 heterocycles. The number of morpholine rings is 1. The van der Waals surface area contributed by atoms with Gasteiger partial charge < -0.3 is 28.5 Å². The molecule has 4 aromatic carbocycles. The van der Waals surface area contributed by atoms with E-state index >= 15 is 4.79 Å². The van der Waals surface area contributed by atoms with Gasteiger partial charge in [-0.1, -0.05) is 54.6 Å². The van der Waals surface area contributed by atoms with E-state index in [4.69, 9.17) is 9.26 Å². The van der Waals surface area contributed by atoms with Crippen LogP contribution >= 0.6 is 7.82 Å². The molecule has 1 saturated heterocycles. The van der Waals surface area contributed by atoms with E-state index in [0.717, 1.165) is 78.1 Å². The zero-order chi connectivity index (χ0) is 43.0. The van der Waals surface area contributed by atoms with E-state index in [2.05, 4.69) is 33.7 Å². The SMILES string of the molecule is CN(C(=O)c1cc(-c2cc3c(cc2C(=O)N2Cc4ccccc4C[C@H]2CN2CCOCC2)CN(C(=O)Cc2ccccc2)CC3)n2c1CCCC2)c1ccc(OP(=O)(O)O)cc1. The topological polar surface area (TPSA) is 145 Å². The fraction of sp³-hybridized carbons (Fsp3) is 0.354. The maximum Gasteiger partial charge on any atom is 0.524 e. The molecule has 5 aromatic rings. The second-order valence-electron chi connectivity index (χ2n) is 16.8. The molecule has 1 atom stereocenters. The molecule has 0 unspecified atom stereocenters. The van der Waals surface area contributed by atoms with E-state index in [1.807, 2.05) is 58.3 Å². The van der Waals surface area contributed by atoms with Crippen LogP contribution < -0.4 is 9.42 Å². The van der Waals surface area contributed by atoms with E-state index in [0.29, 0.717) is 75.5 Å². The van der Waals surface area contributed by atoms with Crippen molar-refractivity contribution in [3.05, 3.63) is 142 Å². The van der Waals surface area contributed by atoms with Crippen LogP contribution in [0.15, 0.2) is 97.1 Å². The highest BCUT2D eigenvalue weighted by molar-refractivity contribution is 7.46. The fourth-order valence-electron chi connectivity index (χ4n) is 9.57. The number of benzene rings is 4. The summed E-state index contributed by atoms with van der Waals surface area (Å²) in [5, 5.41) is 0. The molecule has 4 aliphatic rings. The Balaban J connectivity index is 1.11. The molecule has 62 heavy (non-hydrogen) atoms. The molecule has 322 valence electrons. The average Bonchev–Trinajstić information content (AvgIpc) is 3.67. The third-order valence-corrected chi connectivity index (χ3v) is 13.3. The predicted octanol–water partition coefficient (Wildman–Crippen LogP) is 6.27. The van der Waals surface area contributed by atoms with Gasteiger partial charge >= 0.3 is 7.82 Å². The van der Waals surface area contributed by atoms with Crippen molar-refractivity contribution in [2.75, 3.05) is 51.3 Å². The van der Waals surface area contributed by atoms with E-state index in [1.54, 1.807) is 19.2 Å². The lowest BCUT2D eigenvalue weighted by molar-refractivity contribution is -0.131. The van der Waals surface area contributed by atoms with E-state index in [9.17, 15) is 23.9 Å². The van der Waals surface area contributed by atoms with Gasteiger partial charge in [0, 0.05) is 87.1 Å². The summed E-state index contributed by atoms with van der Waals surface area (Å²) in [4.78, 5) is 70.2. The van der Waals surface area contributed by atoms with Gasteiger partial charge in [-0.15, -0.1) is 0 Å². The molecular formula is C48H52N5O8P. The Morgan fingerprint density at radius 1 is 0.790 bits per heavy atom. The number of phosphoric acid groups is 1. The number of fused-ring (bicyclic) bond motifs is 3. The zero-order valence-electron chi connectivity index (χ0n) is 34.9. The smallest absolute Gasteiger partial charge is 0.404 e. The third kappa shape index (κ3) is 8.86. The van der Waals surface area contributed by atoms with Crippen molar-refractivity contribution in [1.82, 2.24) is 19.3 Å². The van der Waals surface area contributed by atoms with Gasteiger partial charge in [-0.25, -0.2) is 4.57 Å². The van der Waals surface area contributed by atoms with Crippen LogP contribution in [0.2, 0.25) is 0 Å². The number of nitrogens with zero attached hydrogens (tertiary/aromatic N) is 5. The predicted molar refractivity (Wildman–Crippen MR) is 235 cm³/mol.